The molecule has 0 radical (unpaired) electrons. The number of nitrogens with one attached hydrogen (secondary N) is 1. The largest absolute Gasteiger partial charge is 0.447 e. The van der Waals surface area contributed by atoms with E-state index in [2.05, 4.69) is 10.3 Å². The average molecular weight is 315 g/mol. The third-order valence-corrected chi connectivity index (χ3v) is 3.64. The summed E-state index contributed by atoms with van der Waals surface area (Å²) in [4.78, 5) is 15.4. The molecule has 1 atom stereocenters. The van der Waals surface area contributed by atoms with E-state index in [4.69, 9.17) is 16.3 Å². The number of hydrogen-bond acceptors (Lipinski definition) is 3. The van der Waals surface area contributed by atoms with Crippen LogP contribution in [0.4, 0.5) is 10.5 Å². The van der Waals surface area contributed by atoms with Gasteiger partial charge in [0.15, 0.2) is 0 Å². The van der Waals surface area contributed by atoms with Crippen molar-refractivity contribution in [2.75, 3.05) is 6.61 Å². The molecule has 1 heterocycles. The molecule has 4 nitrogen and oxygen atoms in total. The van der Waals surface area contributed by atoms with Gasteiger partial charge in [-0.1, -0.05) is 35.9 Å². The average Bonchev–Trinajstić information content (AvgIpc) is 2.93. The van der Waals surface area contributed by atoms with Gasteiger partial charge in [-0.25, -0.2) is 4.79 Å². The van der Waals surface area contributed by atoms with E-state index < -0.39 is 0 Å². The van der Waals surface area contributed by atoms with Gasteiger partial charge in [0, 0.05) is 11.2 Å². The van der Waals surface area contributed by atoms with Crippen molar-refractivity contribution < 1.29 is 9.53 Å². The van der Waals surface area contributed by atoms with Crippen molar-refractivity contribution in [1.29, 1.82) is 0 Å². The first kappa shape index (κ1) is 14.6. The van der Waals surface area contributed by atoms with Gasteiger partial charge in [0.2, 0.25) is 0 Å². The highest BCUT2D eigenvalue weighted by Crippen LogP contribution is 2.16. The van der Waals surface area contributed by atoms with Gasteiger partial charge in [0.1, 0.15) is 6.61 Å². The molecule has 3 rings (SSSR count). The van der Waals surface area contributed by atoms with Crippen molar-refractivity contribution in [3.05, 3.63) is 64.7 Å². The monoisotopic (exact) mass is 314 g/mol. The van der Waals surface area contributed by atoms with Crippen molar-refractivity contribution in [1.82, 2.24) is 5.32 Å². The molecule has 2 aromatic rings. The minimum Gasteiger partial charge on any atom is -0.447 e. The molecule has 1 amide bonds. The standard InChI is InChI=1S/C17H15ClN2O2/c18-14-5-1-13(2-6-14)10-19-15-7-3-12(4-8-15)9-16-11-22-17(21)20-16/h1-8,10,16H,9,11H2,(H,20,21). The van der Waals surface area contributed by atoms with Crippen molar-refractivity contribution in [3.63, 3.8) is 0 Å². The third-order valence-electron chi connectivity index (χ3n) is 3.39. The third kappa shape index (κ3) is 3.86. The van der Waals surface area contributed by atoms with Gasteiger partial charge in [0.25, 0.3) is 0 Å². The van der Waals surface area contributed by atoms with Crippen LogP contribution in [0.1, 0.15) is 11.1 Å². The van der Waals surface area contributed by atoms with Gasteiger partial charge in [0.05, 0.1) is 11.7 Å². The zero-order chi connectivity index (χ0) is 15.4. The molecule has 0 aromatic heterocycles. The van der Waals surface area contributed by atoms with E-state index in [-0.39, 0.29) is 12.1 Å². The topological polar surface area (TPSA) is 50.7 Å². The number of nitrogens with zero attached hydrogens (tertiary/aromatic N) is 1. The van der Waals surface area contributed by atoms with Crippen molar-refractivity contribution in [2.45, 2.75) is 12.5 Å². The van der Waals surface area contributed by atoms with Gasteiger partial charge in [-0.05, 0) is 41.8 Å². The number of rotatable bonds is 4. The fourth-order valence-corrected chi connectivity index (χ4v) is 2.36. The Labute approximate surface area is 133 Å². The Kier molecular flexibility index (Phi) is 4.39. The molecule has 1 fully saturated rings. The molecular weight excluding hydrogens is 300 g/mol. The summed E-state index contributed by atoms with van der Waals surface area (Å²) in [7, 11) is 0. The highest BCUT2D eigenvalue weighted by atomic mass is 35.5. The fraction of sp³-hybridized carbons (Fsp3) is 0.176. The van der Waals surface area contributed by atoms with Crippen LogP contribution in [-0.4, -0.2) is 25.0 Å². The van der Waals surface area contributed by atoms with Crippen LogP contribution in [0.25, 0.3) is 0 Å². The summed E-state index contributed by atoms with van der Waals surface area (Å²) in [5.74, 6) is 0. The fourth-order valence-electron chi connectivity index (χ4n) is 2.24. The lowest BCUT2D eigenvalue weighted by atomic mass is 10.1. The Balaban J connectivity index is 1.61. The van der Waals surface area contributed by atoms with Crippen LogP contribution >= 0.6 is 11.6 Å². The number of hydrogen-bond donors (Lipinski definition) is 1. The van der Waals surface area contributed by atoms with Gasteiger partial charge < -0.3 is 10.1 Å². The summed E-state index contributed by atoms with van der Waals surface area (Å²) >= 11 is 5.85. The number of halogens is 1. The summed E-state index contributed by atoms with van der Waals surface area (Å²) < 4.78 is 4.87. The molecule has 1 aliphatic heterocycles. The SMILES string of the molecule is O=C1NC(Cc2ccc(N=Cc3ccc(Cl)cc3)cc2)CO1. The number of benzene rings is 2. The molecule has 1 unspecified atom stereocenters. The van der Waals surface area contributed by atoms with Crippen LogP contribution in [0.15, 0.2) is 53.5 Å². The van der Waals surface area contributed by atoms with E-state index in [0.717, 1.165) is 23.2 Å². The van der Waals surface area contributed by atoms with Crippen LogP contribution < -0.4 is 5.32 Å². The zero-order valence-electron chi connectivity index (χ0n) is 11.8. The molecule has 1 aliphatic rings. The lowest BCUT2D eigenvalue weighted by Crippen LogP contribution is -2.28. The van der Waals surface area contributed by atoms with E-state index in [1.807, 2.05) is 48.5 Å². The highest BCUT2D eigenvalue weighted by Gasteiger charge is 2.21. The van der Waals surface area contributed by atoms with Gasteiger partial charge in [-0.2, -0.15) is 0 Å². The molecule has 1 N–H and O–H groups in total. The van der Waals surface area contributed by atoms with E-state index in [1.165, 1.54) is 0 Å². The second kappa shape index (κ2) is 6.62. The lowest BCUT2D eigenvalue weighted by molar-refractivity contribution is 0.177. The van der Waals surface area contributed by atoms with Crippen LogP contribution in [0.2, 0.25) is 5.02 Å². The molecule has 5 heteroatoms. The first-order valence-electron chi connectivity index (χ1n) is 7.01. The van der Waals surface area contributed by atoms with E-state index in [9.17, 15) is 4.79 Å². The number of amides is 1. The molecule has 2 aromatic carbocycles. The van der Waals surface area contributed by atoms with Gasteiger partial charge >= 0.3 is 6.09 Å². The Hall–Kier alpha value is -2.33. The summed E-state index contributed by atoms with van der Waals surface area (Å²) in [6, 6.07) is 15.5. The second-order valence-electron chi connectivity index (χ2n) is 5.12. The lowest BCUT2D eigenvalue weighted by Gasteiger charge is -2.07. The Morgan fingerprint density at radius 3 is 2.55 bits per heavy atom. The number of cyclic esters (lactones) is 1. The predicted molar refractivity (Wildman–Crippen MR) is 87.1 cm³/mol. The number of alkyl carbamates (subject to hydrolysis) is 1. The maximum Gasteiger partial charge on any atom is 0.407 e. The minimum atomic E-state index is -0.339. The maximum absolute atomic E-state index is 11.0. The van der Waals surface area contributed by atoms with Gasteiger partial charge in [-0.3, -0.25) is 4.99 Å². The molecular formula is C17H15ClN2O2. The number of aliphatic imine (C=N–C) groups is 1. The molecule has 22 heavy (non-hydrogen) atoms. The summed E-state index contributed by atoms with van der Waals surface area (Å²) in [6.07, 6.45) is 2.22. The molecule has 0 aliphatic carbocycles. The molecule has 112 valence electrons. The number of ether oxygens (including phenoxy) is 1. The molecule has 1 saturated heterocycles. The molecule has 0 spiro atoms. The first-order valence-corrected chi connectivity index (χ1v) is 7.39. The van der Waals surface area contributed by atoms with E-state index >= 15 is 0 Å². The Morgan fingerprint density at radius 2 is 1.91 bits per heavy atom. The van der Waals surface area contributed by atoms with Crippen molar-refractivity contribution in [3.8, 4) is 0 Å². The first-order chi connectivity index (χ1) is 10.7. The number of carbonyl (C=O) groups is 1. The Morgan fingerprint density at radius 1 is 1.18 bits per heavy atom. The van der Waals surface area contributed by atoms with Crippen molar-refractivity contribution in [2.24, 2.45) is 4.99 Å². The zero-order valence-corrected chi connectivity index (χ0v) is 12.6. The normalized spacial score (nSPS) is 17.5. The highest BCUT2D eigenvalue weighted by molar-refractivity contribution is 6.30. The second-order valence-corrected chi connectivity index (χ2v) is 5.56. The maximum atomic E-state index is 11.0. The quantitative estimate of drug-likeness (QED) is 0.874. The predicted octanol–water partition coefficient (Wildman–Crippen LogP) is 3.74. The molecule has 0 bridgehead atoms. The number of carbonyl (C=O) groups excluding carboxylic acids is 1. The van der Waals surface area contributed by atoms with Crippen LogP contribution in [0, 0.1) is 0 Å². The van der Waals surface area contributed by atoms with E-state index in [1.54, 1.807) is 6.21 Å². The smallest absolute Gasteiger partial charge is 0.407 e. The van der Waals surface area contributed by atoms with Crippen LogP contribution in [0.3, 0.4) is 0 Å². The van der Waals surface area contributed by atoms with Crippen LogP contribution in [0.5, 0.6) is 0 Å². The summed E-state index contributed by atoms with van der Waals surface area (Å²) in [6.45, 7) is 0.426. The molecule has 0 saturated carbocycles. The summed E-state index contributed by atoms with van der Waals surface area (Å²) in [5, 5.41) is 3.48. The van der Waals surface area contributed by atoms with Gasteiger partial charge in [-0.15, -0.1) is 0 Å². The Bertz CT molecular complexity index is 681. The summed E-state index contributed by atoms with van der Waals surface area (Å²) in [5.41, 5.74) is 3.02. The van der Waals surface area contributed by atoms with Crippen LogP contribution in [-0.2, 0) is 11.2 Å². The minimum absolute atomic E-state index is 0.0518. The van der Waals surface area contributed by atoms with E-state index in [0.29, 0.717) is 11.6 Å². The van der Waals surface area contributed by atoms with Crippen molar-refractivity contribution >= 4 is 29.6 Å².